The van der Waals surface area contributed by atoms with Gasteiger partial charge in [0.05, 0.1) is 34.8 Å². The van der Waals surface area contributed by atoms with Crippen molar-refractivity contribution < 1.29 is 19.2 Å². The molecule has 0 spiro atoms. The van der Waals surface area contributed by atoms with E-state index in [9.17, 15) is 19.2 Å². The predicted molar refractivity (Wildman–Crippen MR) is 143 cm³/mol. The number of anilines is 1. The fourth-order valence-corrected chi connectivity index (χ4v) is 7.54. The molecule has 2 aliphatic heterocycles. The minimum absolute atomic E-state index is 0.404. The molecule has 0 radical (unpaired) electrons. The van der Waals surface area contributed by atoms with E-state index in [0.29, 0.717) is 5.69 Å². The fourth-order valence-electron chi connectivity index (χ4n) is 7.54. The van der Waals surface area contributed by atoms with E-state index in [0.717, 1.165) is 11.1 Å². The van der Waals surface area contributed by atoms with E-state index in [1.807, 2.05) is 42.5 Å². The number of hydrogen-bond acceptors (Lipinski definition) is 4. The molecule has 4 aromatic carbocycles. The summed E-state index contributed by atoms with van der Waals surface area (Å²) >= 11 is 0. The molecule has 6 nitrogen and oxygen atoms in total. The standard InChI is InChI=1S/C33H22N2O4/c36-29-25-26(30(37)34-29)28-27(25)31(38)35(32(28)39)20-16-14-19(15-17-20)33(18-8-2-1-3-9-18)23-12-6-4-10-21(23)22-11-5-7-13-24(22)33/h1-17,25-28H,(H,34,36,37). The van der Waals surface area contributed by atoms with E-state index in [2.05, 4.69) is 66.0 Å². The molecule has 2 heterocycles. The molecule has 1 saturated carbocycles. The van der Waals surface area contributed by atoms with Gasteiger partial charge in [0.1, 0.15) is 0 Å². The summed E-state index contributed by atoms with van der Waals surface area (Å²) in [6, 6.07) is 34.8. The molecule has 4 unspecified atom stereocenters. The number of fused-ring (bicyclic) bond motifs is 7. The summed E-state index contributed by atoms with van der Waals surface area (Å²) in [6.45, 7) is 0. The third-order valence-corrected chi connectivity index (χ3v) is 9.13. The molecule has 4 aromatic rings. The van der Waals surface area contributed by atoms with Gasteiger partial charge in [0, 0.05) is 0 Å². The zero-order chi connectivity index (χ0) is 26.5. The van der Waals surface area contributed by atoms with Crippen LogP contribution in [-0.2, 0) is 24.6 Å². The van der Waals surface area contributed by atoms with Crippen molar-refractivity contribution >= 4 is 29.3 Å². The summed E-state index contributed by atoms with van der Waals surface area (Å²) in [5.41, 5.74) is 6.72. The lowest BCUT2D eigenvalue weighted by Gasteiger charge is -2.36. The molecule has 0 aromatic heterocycles. The van der Waals surface area contributed by atoms with Crippen molar-refractivity contribution in [1.29, 1.82) is 0 Å². The summed E-state index contributed by atoms with van der Waals surface area (Å²) in [7, 11) is 0. The first-order valence-corrected chi connectivity index (χ1v) is 13.1. The normalized spacial score (nSPS) is 25.5. The van der Waals surface area contributed by atoms with Crippen LogP contribution in [0, 0.1) is 23.7 Å². The highest BCUT2D eigenvalue weighted by Crippen LogP contribution is 2.57. The summed E-state index contributed by atoms with van der Waals surface area (Å²) in [6.07, 6.45) is 0. The van der Waals surface area contributed by atoms with E-state index >= 15 is 0 Å². The monoisotopic (exact) mass is 510 g/mol. The number of hydrogen-bond donors (Lipinski definition) is 1. The maximum Gasteiger partial charge on any atom is 0.238 e. The summed E-state index contributed by atoms with van der Waals surface area (Å²) in [5.74, 6) is -4.72. The van der Waals surface area contributed by atoms with Gasteiger partial charge in [-0.2, -0.15) is 0 Å². The number of carbonyl (C=O) groups is 4. The Morgan fingerprint density at radius 1 is 0.513 bits per heavy atom. The van der Waals surface area contributed by atoms with Gasteiger partial charge in [-0.3, -0.25) is 29.4 Å². The quantitative estimate of drug-likeness (QED) is 0.371. The molecule has 1 N–H and O–H groups in total. The minimum Gasteiger partial charge on any atom is -0.296 e. The van der Waals surface area contributed by atoms with E-state index in [1.54, 1.807) is 0 Å². The maximum atomic E-state index is 13.3. The highest BCUT2D eigenvalue weighted by molar-refractivity contribution is 6.27. The van der Waals surface area contributed by atoms with Crippen LogP contribution >= 0.6 is 0 Å². The van der Waals surface area contributed by atoms with Gasteiger partial charge in [-0.1, -0.05) is 91.0 Å². The van der Waals surface area contributed by atoms with Gasteiger partial charge >= 0.3 is 0 Å². The van der Waals surface area contributed by atoms with Crippen molar-refractivity contribution in [3.63, 3.8) is 0 Å². The molecule has 3 fully saturated rings. The van der Waals surface area contributed by atoms with Gasteiger partial charge in [-0.25, -0.2) is 0 Å². The Labute approximate surface area is 224 Å². The Morgan fingerprint density at radius 2 is 0.974 bits per heavy atom. The predicted octanol–water partition coefficient (Wildman–Crippen LogP) is 4.06. The molecule has 2 saturated heterocycles. The number of imide groups is 2. The van der Waals surface area contributed by atoms with Gasteiger partial charge in [0.25, 0.3) is 0 Å². The zero-order valence-electron chi connectivity index (χ0n) is 20.7. The van der Waals surface area contributed by atoms with Gasteiger partial charge in [0.15, 0.2) is 0 Å². The Kier molecular flexibility index (Phi) is 4.32. The van der Waals surface area contributed by atoms with Crippen molar-refractivity contribution in [2.75, 3.05) is 4.90 Å². The van der Waals surface area contributed by atoms with Crippen LogP contribution in [0.5, 0.6) is 0 Å². The van der Waals surface area contributed by atoms with E-state index < -0.39 is 52.7 Å². The number of carbonyl (C=O) groups excluding carboxylic acids is 4. The van der Waals surface area contributed by atoms with E-state index in [1.165, 1.54) is 27.2 Å². The Bertz CT molecular complexity index is 1660. The van der Waals surface area contributed by atoms with Crippen molar-refractivity contribution in [3.05, 3.63) is 125 Å². The zero-order valence-corrected chi connectivity index (χ0v) is 20.7. The van der Waals surface area contributed by atoms with Crippen LogP contribution in [0.3, 0.4) is 0 Å². The first-order valence-electron chi connectivity index (χ1n) is 13.1. The average molecular weight is 511 g/mol. The second kappa shape index (κ2) is 7.60. The van der Waals surface area contributed by atoms with Crippen LogP contribution in [0.4, 0.5) is 5.69 Å². The Morgan fingerprint density at radius 3 is 1.51 bits per heavy atom. The van der Waals surface area contributed by atoms with Crippen molar-refractivity contribution in [2.45, 2.75) is 5.41 Å². The molecule has 8 rings (SSSR count). The second-order valence-electron chi connectivity index (χ2n) is 10.7. The Hall–Kier alpha value is -4.84. The molecule has 4 amide bonds. The van der Waals surface area contributed by atoms with Crippen LogP contribution < -0.4 is 10.2 Å². The summed E-state index contributed by atoms with van der Waals surface area (Å²) < 4.78 is 0. The highest BCUT2D eigenvalue weighted by atomic mass is 16.2. The van der Waals surface area contributed by atoms with Gasteiger partial charge in [-0.05, 0) is 45.5 Å². The third kappa shape index (κ3) is 2.61. The smallest absolute Gasteiger partial charge is 0.238 e. The lowest BCUT2D eigenvalue weighted by Crippen LogP contribution is -2.50. The number of rotatable bonds is 3. The van der Waals surface area contributed by atoms with Crippen LogP contribution in [0.15, 0.2) is 103 Å². The number of amides is 4. The van der Waals surface area contributed by atoms with Gasteiger partial charge in [0.2, 0.25) is 23.6 Å². The molecule has 0 bridgehead atoms. The van der Waals surface area contributed by atoms with Gasteiger partial charge < -0.3 is 0 Å². The lowest BCUT2D eigenvalue weighted by molar-refractivity contribution is -0.146. The molecular formula is C33H22N2O4. The largest absolute Gasteiger partial charge is 0.296 e. The average Bonchev–Trinajstić information content (AvgIpc) is 3.45. The first kappa shape index (κ1) is 22.2. The molecule has 188 valence electrons. The summed E-state index contributed by atoms with van der Waals surface area (Å²) in [4.78, 5) is 52.3. The first-order chi connectivity index (χ1) is 19.0. The van der Waals surface area contributed by atoms with Crippen LogP contribution in [-0.4, -0.2) is 23.6 Å². The van der Waals surface area contributed by atoms with Crippen molar-refractivity contribution in [1.82, 2.24) is 5.32 Å². The van der Waals surface area contributed by atoms with Crippen LogP contribution in [0.1, 0.15) is 22.3 Å². The molecular weight excluding hydrogens is 488 g/mol. The topological polar surface area (TPSA) is 83.6 Å². The van der Waals surface area contributed by atoms with Crippen molar-refractivity contribution in [3.8, 4) is 11.1 Å². The molecule has 2 aliphatic carbocycles. The van der Waals surface area contributed by atoms with Gasteiger partial charge in [-0.15, -0.1) is 0 Å². The third-order valence-electron chi connectivity index (χ3n) is 9.13. The maximum absolute atomic E-state index is 13.3. The molecule has 4 aliphatic rings. The number of nitrogens with one attached hydrogen (secondary N) is 1. The molecule has 4 atom stereocenters. The lowest BCUT2D eigenvalue weighted by atomic mass is 9.59. The number of nitrogens with zero attached hydrogens (tertiary/aromatic N) is 1. The van der Waals surface area contributed by atoms with E-state index in [4.69, 9.17) is 0 Å². The highest BCUT2D eigenvalue weighted by Gasteiger charge is 2.71. The SMILES string of the molecule is O=C1NC(=O)C2C1C1C(=O)N(c3ccc(C4(c5ccccc5)c5ccccc5-c5ccccc54)cc3)C(=O)C21. The summed E-state index contributed by atoms with van der Waals surface area (Å²) in [5, 5.41) is 2.28. The Balaban J connectivity index is 1.26. The fraction of sp³-hybridized carbons (Fsp3) is 0.152. The molecule has 6 heteroatoms. The van der Waals surface area contributed by atoms with Crippen LogP contribution in [0.25, 0.3) is 11.1 Å². The molecule has 39 heavy (non-hydrogen) atoms. The minimum atomic E-state index is -0.766. The van der Waals surface area contributed by atoms with Crippen LogP contribution in [0.2, 0.25) is 0 Å². The van der Waals surface area contributed by atoms with E-state index in [-0.39, 0.29) is 0 Å². The second-order valence-corrected chi connectivity index (χ2v) is 10.7. The number of benzene rings is 4. The van der Waals surface area contributed by atoms with Crippen molar-refractivity contribution in [2.24, 2.45) is 23.7 Å².